The van der Waals surface area contributed by atoms with Crippen LogP contribution in [-0.2, 0) is 13.6 Å². The molecular formula is C16H21N5O. The van der Waals surface area contributed by atoms with Crippen LogP contribution in [0.4, 0.5) is 0 Å². The summed E-state index contributed by atoms with van der Waals surface area (Å²) in [6, 6.07) is 1.77. The van der Waals surface area contributed by atoms with Gasteiger partial charge in [0.2, 0.25) is 0 Å². The van der Waals surface area contributed by atoms with E-state index in [2.05, 4.69) is 21.6 Å². The predicted molar refractivity (Wildman–Crippen MR) is 81.5 cm³/mol. The van der Waals surface area contributed by atoms with Crippen LogP contribution in [0.1, 0.15) is 40.8 Å². The van der Waals surface area contributed by atoms with Gasteiger partial charge in [0.1, 0.15) is 11.5 Å². The van der Waals surface area contributed by atoms with Crippen LogP contribution in [0.3, 0.4) is 0 Å². The minimum Gasteiger partial charge on any atom is -0.336 e. The van der Waals surface area contributed by atoms with Crippen molar-refractivity contribution in [3.05, 3.63) is 35.7 Å². The highest BCUT2D eigenvalue weighted by molar-refractivity contribution is 5.93. The smallest absolute Gasteiger partial charge is 0.272 e. The van der Waals surface area contributed by atoms with E-state index in [9.17, 15) is 4.79 Å². The molecule has 0 bridgehead atoms. The number of imidazole rings is 1. The van der Waals surface area contributed by atoms with Gasteiger partial charge in [-0.05, 0) is 31.7 Å². The van der Waals surface area contributed by atoms with Crippen LogP contribution >= 0.6 is 0 Å². The lowest BCUT2D eigenvalue weighted by molar-refractivity contribution is 0.0579. The van der Waals surface area contributed by atoms with Gasteiger partial charge in [-0.15, -0.1) is 0 Å². The lowest BCUT2D eigenvalue weighted by Gasteiger charge is -2.39. The van der Waals surface area contributed by atoms with Gasteiger partial charge >= 0.3 is 0 Å². The summed E-state index contributed by atoms with van der Waals surface area (Å²) in [5.74, 6) is 2.41. The molecule has 0 aromatic carbocycles. The van der Waals surface area contributed by atoms with E-state index in [-0.39, 0.29) is 5.91 Å². The third-order valence-corrected chi connectivity index (χ3v) is 4.80. The van der Waals surface area contributed by atoms with Crippen molar-refractivity contribution in [1.29, 1.82) is 0 Å². The molecule has 0 unspecified atom stereocenters. The van der Waals surface area contributed by atoms with E-state index in [1.807, 2.05) is 11.1 Å². The Labute approximate surface area is 129 Å². The van der Waals surface area contributed by atoms with Crippen LogP contribution in [0.15, 0.2) is 18.5 Å². The maximum absolute atomic E-state index is 12.4. The topological polar surface area (TPSA) is 56.0 Å². The number of carbonyl (C=O) groups is 1. The minimum atomic E-state index is 0.0632. The summed E-state index contributed by atoms with van der Waals surface area (Å²) in [4.78, 5) is 18.9. The third kappa shape index (κ3) is 2.23. The quantitative estimate of drug-likeness (QED) is 0.861. The second-order valence-electron chi connectivity index (χ2n) is 6.56. The molecule has 1 saturated carbocycles. The van der Waals surface area contributed by atoms with E-state index in [1.165, 1.54) is 18.5 Å². The molecule has 22 heavy (non-hydrogen) atoms. The zero-order valence-electron chi connectivity index (χ0n) is 13.1. The number of amides is 1. The van der Waals surface area contributed by atoms with Gasteiger partial charge in [0.05, 0.1) is 5.92 Å². The Balaban J connectivity index is 1.45. The first-order valence-electron chi connectivity index (χ1n) is 7.93. The summed E-state index contributed by atoms with van der Waals surface area (Å²) in [5.41, 5.74) is 1.88. The molecule has 3 heterocycles. The van der Waals surface area contributed by atoms with E-state index < -0.39 is 0 Å². The fourth-order valence-corrected chi connectivity index (χ4v) is 3.15. The molecule has 2 fully saturated rings. The van der Waals surface area contributed by atoms with Crippen molar-refractivity contribution < 1.29 is 4.79 Å². The second kappa shape index (κ2) is 4.97. The average Bonchev–Trinajstić information content (AvgIpc) is 3.06. The molecule has 1 amide bonds. The highest BCUT2D eigenvalue weighted by Crippen LogP contribution is 2.34. The molecule has 1 saturated heterocycles. The van der Waals surface area contributed by atoms with Gasteiger partial charge in [-0.25, -0.2) is 4.98 Å². The number of aryl methyl sites for hydroxylation is 2. The molecule has 2 aromatic heterocycles. The van der Waals surface area contributed by atoms with Crippen LogP contribution in [0.5, 0.6) is 0 Å². The molecule has 2 aromatic rings. The molecule has 0 N–H and O–H groups in total. The lowest BCUT2D eigenvalue weighted by atomic mass is 9.98. The molecule has 0 spiro atoms. The summed E-state index contributed by atoms with van der Waals surface area (Å²) in [7, 11) is 1.80. The molecule has 0 radical (unpaired) electrons. The Hall–Kier alpha value is -2.11. The minimum absolute atomic E-state index is 0.0632. The molecule has 4 rings (SSSR count). The monoisotopic (exact) mass is 299 g/mol. The van der Waals surface area contributed by atoms with Crippen LogP contribution in [0.25, 0.3) is 0 Å². The summed E-state index contributed by atoms with van der Waals surface area (Å²) in [6.07, 6.45) is 6.30. The number of hydrogen-bond donors (Lipinski definition) is 0. The number of nitrogens with zero attached hydrogens (tertiary/aromatic N) is 5. The number of hydrogen-bond acceptors (Lipinski definition) is 3. The van der Waals surface area contributed by atoms with E-state index in [0.29, 0.717) is 11.6 Å². The number of rotatable bonds is 4. The van der Waals surface area contributed by atoms with Crippen LogP contribution in [-0.4, -0.2) is 43.2 Å². The van der Waals surface area contributed by atoms with Crippen molar-refractivity contribution in [2.24, 2.45) is 13.0 Å². The zero-order valence-corrected chi connectivity index (χ0v) is 13.1. The standard InChI is InChI=1S/C16H21N5O/c1-11-7-17-15(21(11)8-12-3-4-12)13-9-20(10-13)16(22)14-5-6-18-19(14)2/h5-7,12-13H,3-4,8-10H2,1-2H3. The van der Waals surface area contributed by atoms with E-state index in [0.717, 1.165) is 31.4 Å². The van der Waals surface area contributed by atoms with Crippen molar-refractivity contribution in [1.82, 2.24) is 24.2 Å². The lowest BCUT2D eigenvalue weighted by Crippen LogP contribution is -2.49. The summed E-state index contributed by atoms with van der Waals surface area (Å²) in [5, 5.41) is 4.07. The van der Waals surface area contributed by atoms with Crippen molar-refractivity contribution in [3.8, 4) is 0 Å². The summed E-state index contributed by atoms with van der Waals surface area (Å²) >= 11 is 0. The van der Waals surface area contributed by atoms with Gasteiger partial charge < -0.3 is 9.47 Å². The Morgan fingerprint density at radius 3 is 2.77 bits per heavy atom. The molecular weight excluding hydrogens is 278 g/mol. The van der Waals surface area contributed by atoms with Crippen LogP contribution in [0, 0.1) is 12.8 Å². The molecule has 6 nitrogen and oxygen atoms in total. The molecule has 116 valence electrons. The van der Waals surface area contributed by atoms with Crippen molar-refractivity contribution >= 4 is 5.91 Å². The molecule has 1 aliphatic carbocycles. The van der Waals surface area contributed by atoms with E-state index in [4.69, 9.17) is 0 Å². The van der Waals surface area contributed by atoms with Gasteiger partial charge in [0.15, 0.2) is 0 Å². The number of aromatic nitrogens is 4. The van der Waals surface area contributed by atoms with Crippen molar-refractivity contribution in [3.63, 3.8) is 0 Å². The highest BCUT2D eigenvalue weighted by atomic mass is 16.2. The number of likely N-dealkylation sites (tertiary alicyclic amines) is 1. The Morgan fingerprint density at radius 1 is 1.36 bits per heavy atom. The first-order valence-corrected chi connectivity index (χ1v) is 7.93. The SMILES string of the molecule is Cc1cnc(C2CN(C(=O)c3ccnn3C)C2)n1CC1CC1. The Kier molecular flexibility index (Phi) is 3.06. The first kappa shape index (κ1) is 13.5. The van der Waals surface area contributed by atoms with Crippen LogP contribution in [0.2, 0.25) is 0 Å². The average molecular weight is 299 g/mol. The third-order valence-electron chi connectivity index (χ3n) is 4.80. The van der Waals surface area contributed by atoms with Gasteiger partial charge in [0, 0.05) is 44.8 Å². The summed E-state index contributed by atoms with van der Waals surface area (Å²) < 4.78 is 3.99. The first-order chi connectivity index (χ1) is 10.6. The maximum Gasteiger partial charge on any atom is 0.272 e. The predicted octanol–water partition coefficient (Wildman–Crippen LogP) is 1.57. The number of carbonyl (C=O) groups excluding carboxylic acids is 1. The Bertz CT molecular complexity index is 706. The van der Waals surface area contributed by atoms with Crippen molar-refractivity contribution in [2.45, 2.75) is 32.2 Å². The molecule has 2 aliphatic rings. The fourth-order valence-electron chi connectivity index (χ4n) is 3.15. The van der Waals surface area contributed by atoms with Crippen LogP contribution < -0.4 is 0 Å². The van der Waals surface area contributed by atoms with Crippen molar-refractivity contribution in [2.75, 3.05) is 13.1 Å². The normalized spacial score (nSPS) is 18.5. The van der Waals surface area contributed by atoms with Gasteiger partial charge in [-0.3, -0.25) is 9.48 Å². The van der Waals surface area contributed by atoms with E-state index in [1.54, 1.807) is 24.0 Å². The summed E-state index contributed by atoms with van der Waals surface area (Å²) in [6.45, 7) is 4.72. The molecule has 6 heteroatoms. The molecule has 0 atom stereocenters. The maximum atomic E-state index is 12.4. The van der Waals surface area contributed by atoms with Gasteiger partial charge in [-0.2, -0.15) is 5.10 Å². The molecule has 1 aliphatic heterocycles. The highest BCUT2D eigenvalue weighted by Gasteiger charge is 2.36. The largest absolute Gasteiger partial charge is 0.336 e. The van der Waals surface area contributed by atoms with Gasteiger partial charge in [-0.1, -0.05) is 0 Å². The fraction of sp³-hybridized carbons (Fsp3) is 0.562. The van der Waals surface area contributed by atoms with Gasteiger partial charge in [0.25, 0.3) is 5.91 Å². The van der Waals surface area contributed by atoms with E-state index >= 15 is 0 Å². The zero-order chi connectivity index (χ0) is 15.3. The Morgan fingerprint density at radius 2 is 2.14 bits per heavy atom. The second-order valence-corrected chi connectivity index (χ2v) is 6.56.